The largest absolute Gasteiger partial charge is 0.459 e. The van der Waals surface area contributed by atoms with Crippen LogP contribution in [0.4, 0.5) is 5.82 Å². The Morgan fingerprint density at radius 3 is 2.96 bits per heavy atom. The molecule has 10 nitrogen and oxygen atoms in total. The van der Waals surface area contributed by atoms with Gasteiger partial charge in [0.15, 0.2) is 5.82 Å². The van der Waals surface area contributed by atoms with Gasteiger partial charge in [-0.1, -0.05) is 6.58 Å². The van der Waals surface area contributed by atoms with Crippen molar-refractivity contribution in [1.82, 2.24) is 14.6 Å². The van der Waals surface area contributed by atoms with Crippen LogP contribution in [-0.2, 0) is 19.9 Å². The minimum absolute atomic E-state index is 0.171. The van der Waals surface area contributed by atoms with E-state index in [2.05, 4.69) is 16.7 Å². The van der Waals surface area contributed by atoms with Crippen LogP contribution in [0.5, 0.6) is 0 Å². The Bertz CT molecular complexity index is 919. The Hall–Kier alpha value is -3.00. The number of nitriles is 1. The topological polar surface area (TPSA) is 156 Å². The third-order valence-electron chi connectivity index (χ3n) is 4.21. The highest BCUT2D eigenvalue weighted by atomic mass is 16.6. The van der Waals surface area contributed by atoms with E-state index in [1.807, 2.05) is 6.07 Å². The van der Waals surface area contributed by atoms with Crippen molar-refractivity contribution in [2.24, 2.45) is 0 Å². The molecule has 136 valence electrons. The first-order valence-electron chi connectivity index (χ1n) is 7.68. The van der Waals surface area contributed by atoms with E-state index in [9.17, 15) is 20.3 Å². The molecule has 26 heavy (non-hydrogen) atoms. The van der Waals surface area contributed by atoms with Crippen LogP contribution in [0.3, 0.4) is 0 Å². The third-order valence-corrected chi connectivity index (χ3v) is 4.21. The molecule has 2 aromatic heterocycles. The van der Waals surface area contributed by atoms with Gasteiger partial charge in [0.1, 0.15) is 42.8 Å². The number of nitrogens with zero attached hydrogens (tertiary/aromatic N) is 4. The van der Waals surface area contributed by atoms with E-state index in [0.29, 0.717) is 5.52 Å². The Labute approximate surface area is 148 Å². The van der Waals surface area contributed by atoms with Crippen LogP contribution >= 0.6 is 0 Å². The second-order valence-electron chi connectivity index (χ2n) is 5.98. The first-order valence-corrected chi connectivity index (χ1v) is 7.68. The number of esters is 1. The lowest BCUT2D eigenvalue weighted by Crippen LogP contribution is -2.41. The molecule has 1 fully saturated rings. The van der Waals surface area contributed by atoms with Gasteiger partial charge in [0.25, 0.3) is 0 Å². The summed E-state index contributed by atoms with van der Waals surface area (Å²) in [6, 6.07) is 4.97. The number of fused-ring (bicyclic) bond motifs is 1. The van der Waals surface area contributed by atoms with Crippen LogP contribution in [0.1, 0.15) is 12.6 Å². The van der Waals surface area contributed by atoms with Gasteiger partial charge < -0.3 is 25.4 Å². The molecule has 3 heterocycles. The third kappa shape index (κ3) is 2.59. The molecule has 1 saturated heterocycles. The molecule has 0 bridgehead atoms. The summed E-state index contributed by atoms with van der Waals surface area (Å²) >= 11 is 0. The number of anilines is 1. The van der Waals surface area contributed by atoms with Crippen LogP contribution in [-0.4, -0.2) is 55.7 Å². The van der Waals surface area contributed by atoms with Gasteiger partial charge in [-0.05, 0) is 19.1 Å². The molecular formula is C16H17N5O5. The standard InChI is InChI=1S/C16H17N5O5/c1-8(2)15(24)25-5-10-12(22)13(23)16(6-17,26-10)11-4-3-9-14(18)19-7-20-21(9)11/h3-4,7,10,12-13,22-23H,1,5H2,2H3,(H2,18,19,20)/t10-,12-,13-,16+/m1/s1. The Morgan fingerprint density at radius 2 is 2.31 bits per heavy atom. The maximum Gasteiger partial charge on any atom is 0.333 e. The summed E-state index contributed by atoms with van der Waals surface area (Å²) in [5.74, 6) is -0.488. The van der Waals surface area contributed by atoms with Crippen molar-refractivity contribution in [2.45, 2.75) is 30.8 Å². The second-order valence-corrected chi connectivity index (χ2v) is 5.98. The number of ether oxygens (including phenoxy) is 2. The Balaban J connectivity index is 1.96. The van der Waals surface area contributed by atoms with Crippen LogP contribution in [0.25, 0.3) is 5.52 Å². The molecule has 10 heteroatoms. The normalized spacial score (nSPS) is 28.0. The fraction of sp³-hybridized carbons (Fsp3) is 0.375. The van der Waals surface area contributed by atoms with E-state index in [0.717, 1.165) is 0 Å². The molecule has 0 radical (unpaired) electrons. The number of aliphatic hydroxyl groups is 2. The van der Waals surface area contributed by atoms with Gasteiger partial charge in [-0.3, -0.25) is 0 Å². The predicted octanol–water partition coefficient (Wildman–Crippen LogP) is -0.730. The highest BCUT2D eigenvalue weighted by Gasteiger charge is 2.57. The molecule has 0 saturated carbocycles. The number of carbonyl (C=O) groups is 1. The summed E-state index contributed by atoms with van der Waals surface area (Å²) in [4.78, 5) is 15.4. The highest BCUT2D eigenvalue weighted by molar-refractivity contribution is 5.86. The van der Waals surface area contributed by atoms with Gasteiger partial charge in [0.05, 0.1) is 5.69 Å². The number of nitrogen functional groups attached to an aromatic ring is 1. The van der Waals surface area contributed by atoms with E-state index in [-0.39, 0.29) is 23.7 Å². The van der Waals surface area contributed by atoms with Crippen molar-refractivity contribution in [3.8, 4) is 6.07 Å². The van der Waals surface area contributed by atoms with Gasteiger partial charge in [0, 0.05) is 5.57 Å². The zero-order valence-electron chi connectivity index (χ0n) is 13.9. The lowest BCUT2D eigenvalue weighted by Gasteiger charge is -2.24. The molecule has 0 aromatic carbocycles. The molecule has 0 spiro atoms. The SMILES string of the molecule is C=C(C)C(=O)OC[C@H]1O[C@@](C#N)(c2ccc3c(N)ncnn23)[C@H](O)[C@@H]1O. The van der Waals surface area contributed by atoms with Crippen molar-refractivity contribution >= 4 is 17.3 Å². The van der Waals surface area contributed by atoms with Gasteiger partial charge in [0.2, 0.25) is 5.60 Å². The van der Waals surface area contributed by atoms with Gasteiger partial charge in [-0.15, -0.1) is 0 Å². The molecule has 4 atom stereocenters. The van der Waals surface area contributed by atoms with Crippen LogP contribution in [0.15, 0.2) is 30.6 Å². The van der Waals surface area contributed by atoms with E-state index in [1.54, 1.807) is 6.07 Å². The van der Waals surface area contributed by atoms with Crippen LogP contribution < -0.4 is 5.73 Å². The average molecular weight is 359 g/mol. The first-order chi connectivity index (χ1) is 12.3. The summed E-state index contributed by atoms with van der Waals surface area (Å²) in [7, 11) is 0. The molecule has 0 aliphatic carbocycles. The van der Waals surface area contributed by atoms with E-state index in [4.69, 9.17) is 15.2 Å². The summed E-state index contributed by atoms with van der Waals surface area (Å²) < 4.78 is 11.9. The van der Waals surface area contributed by atoms with Gasteiger partial charge in [-0.25, -0.2) is 14.3 Å². The highest BCUT2D eigenvalue weighted by Crippen LogP contribution is 2.40. The molecule has 0 amide bonds. The summed E-state index contributed by atoms with van der Waals surface area (Å²) in [5, 5.41) is 34.6. The second kappa shape index (κ2) is 6.38. The number of nitrogens with two attached hydrogens (primary N) is 1. The number of hydrogen-bond donors (Lipinski definition) is 3. The summed E-state index contributed by atoms with van der Waals surface area (Å²) in [6.07, 6.45) is -2.98. The predicted molar refractivity (Wildman–Crippen MR) is 87.4 cm³/mol. The summed E-state index contributed by atoms with van der Waals surface area (Å²) in [5.41, 5.74) is 4.62. The monoisotopic (exact) mass is 359 g/mol. The number of carbonyl (C=O) groups excluding carboxylic acids is 1. The van der Waals surface area contributed by atoms with Gasteiger partial charge in [-0.2, -0.15) is 10.4 Å². The van der Waals surface area contributed by atoms with E-state index < -0.39 is 29.9 Å². The smallest absolute Gasteiger partial charge is 0.333 e. The maximum atomic E-state index is 11.5. The van der Waals surface area contributed by atoms with Crippen molar-refractivity contribution < 1.29 is 24.5 Å². The maximum absolute atomic E-state index is 11.5. The zero-order chi connectivity index (χ0) is 19.1. The first kappa shape index (κ1) is 17.8. The Morgan fingerprint density at radius 1 is 1.58 bits per heavy atom. The summed E-state index contributed by atoms with van der Waals surface area (Å²) in [6.45, 7) is 4.57. The Kier molecular flexibility index (Phi) is 4.37. The number of hydrogen-bond acceptors (Lipinski definition) is 9. The number of aromatic nitrogens is 3. The van der Waals surface area contributed by atoms with Crippen LogP contribution in [0.2, 0.25) is 0 Å². The molecule has 1 aliphatic heterocycles. The van der Waals surface area contributed by atoms with Crippen molar-refractivity contribution in [3.63, 3.8) is 0 Å². The van der Waals surface area contributed by atoms with E-state index in [1.165, 1.54) is 23.8 Å². The lowest BCUT2D eigenvalue weighted by molar-refractivity contribution is -0.146. The molecule has 2 aromatic rings. The molecule has 0 unspecified atom stereocenters. The number of aliphatic hydroxyl groups excluding tert-OH is 2. The quantitative estimate of drug-likeness (QED) is 0.473. The number of rotatable bonds is 4. The zero-order valence-corrected chi connectivity index (χ0v) is 13.9. The molecular weight excluding hydrogens is 342 g/mol. The molecule has 1 aliphatic rings. The lowest BCUT2D eigenvalue weighted by atomic mass is 9.92. The molecule has 3 rings (SSSR count). The van der Waals surface area contributed by atoms with Crippen LogP contribution in [0, 0.1) is 11.3 Å². The van der Waals surface area contributed by atoms with Crippen molar-refractivity contribution in [2.75, 3.05) is 12.3 Å². The minimum atomic E-state index is -1.92. The minimum Gasteiger partial charge on any atom is -0.459 e. The fourth-order valence-corrected chi connectivity index (χ4v) is 2.83. The van der Waals surface area contributed by atoms with Crippen molar-refractivity contribution in [1.29, 1.82) is 5.26 Å². The average Bonchev–Trinajstić information content (AvgIpc) is 3.15. The van der Waals surface area contributed by atoms with Crippen molar-refractivity contribution in [3.05, 3.63) is 36.3 Å². The molecule has 4 N–H and O–H groups in total. The fourth-order valence-electron chi connectivity index (χ4n) is 2.83. The van der Waals surface area contributed by atoms with Gasteiger partial charge >= 0.3 is 5.97 Å². The van der Waals surface area contributed by atoms with E-state index >= 15 is 0 Å².